The molecule has 0 saturated heterocycles. The Kier molecular flexibility index (Phi) is 6.73. The third kappa shape index (κ3) is 5.48. The Labute approximate surface area is 198 Å². The Balaban J connectivity index is 1.45. The summed E-state index contributed by atoms with van der Waals surface area (Å²) in [4.78, 5) is 20.8. The van der Waals surface area contributed by atoms with E-state index in [2.05, 4.69) is 38.6 Å². The predicted molar refractivity (Wildman–Crippen MR) is 131 cm³/mol. The second kappa shape index (κ2) is 9.72. The van der Waals surface area contributed by atoms with E-state index in [-0.39, 0.29) is 16.7 Å². The topological polar surface area (TPSA) is 139 Å². The highest BCUT2D eigenvalue weighted by Gasteiger charge is 2.22. The Morgan fingerprint density at radius 3 is 2.82 bits per heavy atom. The molecule has 9 nitrogen and oxygen atoms in total. The molecule has 0 amide bonds. The Bertz CT molecular complexity index is 1360. The number of aromatic nitrogens is 2. The van der Waals surface area contributed by atoms with Crippen LogP contribution in [0.2, 0.25) is 0 Å². The van der Waals surface area contributed by atoms with Gasteiger partial charge >= 0.3 is 0 Å². The van der Waals surface area contributed by atoms with E-state index in [0.717, 1.165) is 28.1 Å². The smallest absolute Gasteiger partial charge is 0.238 e. The van der Waals surface area contributed by atoms with E-state index >= 15 is 0 Å². The molecule has 1 unspecified atom stereocenters. The summed E-state index contributed by atoms with van der Waals surface area (Å²) in [5.41, 5.74) is 5.48. The SMILES string of the molecule is C=CC(=O)C1Cc2ccc(NCc3nc(Nc4cccc(S(N)(=O)=O)c4)ncc3C)cc2CN1. The van der Waals surface area contributed by atoms with Gasteiger partial charge in [-0.15, -0.1) is 0 Å². The van der Waals surface area contributed by atoms with Gasteiger partial charge in [-0.2, -0.15) is 0 Å². The van der Waals surface area contributed by atoms with Crippen molar-refractivity contribution < 1.29 is 13.2 Å². The highest BCUT2D eigenvalue weighted by molar-refractivity contribution is 7.89. The Morgan fingerprint density at radius 2 is 2.06 bits per heavy atom. The summed E-state index contributed by atoms with van der Waals surface area (Å²) in [6, 6.07) is 12.1. The maximum absolute atomic E-state index is 11.9. The second-order valence-electron chi connectivity index (χ2n) is 8.10. The quantitative estimate of drug-likeness (QED) is 0.362. The lowest BCUT2D eigenvalue weighted by Gasteiger charge is -2.25. The maximum atomic E-state index is 11.9. The van der Waals surface area contributed by atoms with Crippen LogP contribution in [0.15, 0.2) is 66.2 Å². The minimum atomic E-state index is -3.80. The standard InChI is InChI=1S/C24H26N6O3S/c1-3-23(31)21-10-16-7-8-18(9-17(16)13-27-21)26-14-22-15(2)12-28-24(30-22)29-19-5-4-6-20(11-19)34(25,32)33/h3-9,11-12,21,26-27H,1,10,13-14H2,2H3,(H2,25,32,33)(H,28,29,30). The van der Waals surface area contributed by atoms with Gasteiger partial charge in [-0.25, -0.2) is 23.5 Å². The summed E-state index contributed by atoms with van der Waals surface area (Å²) in [5.74, 6) is 0.356. The molecular formula is C24H26N6O3S. The molecule has 0 fully saturated rings. The molecule has 0 spiro atoms. The minimum Gasteiger partial charge on any atom is -0.379 e. The highest BCUT2D eigenvalue weighted by atomic mass is 32.2. The largest absolute Gasteiger partial charge is 0.379 e. The fraction of sp³-hybridized carbons (Fsp3) is 0.208. The number of anilines is 3. The van der Waals surface area contributed by atoms with Crippen molar-refractivity contribution in [3.8, 4) is 0 Å². The normalized spacial score (nSPS) is 15.3. The van der Waals surface area contributed by atoms with Crippen LogP contribution in [-0.2, 0) is 34.3 Å². The van der Waals surface area contributed by atoms with Gasteiger partial charge in [0.15, 0.2) is 5.78 Å². The van der Waals surface area contributed by atoms with E-state index < -0.39 is 10.0 Å². The van der Waals surface area contributed by atoms with Gasteiger partial charge in [0, 0.05) is 24.1 Å². The number of hydrogen-bond donors (Lipinski definition) is 4. The molecule has 5 N–H and O–H groups in total. The number of nitrogens with one attached hydrogen (secondary N) is 3. The van der Waals surface area contributed by atoms with E-state index in [1.807, 2.05) is 19.1 Å². The van der Waals surface area contributed by atoms with Crippen molar-refractivity contribution in [2.75, 3.05) is 10.6 Å². The molecule has 1 aliphatic heterocycles. The van der Waals surface area contributed by atoms with Gasteiger partial charge in [-0.3, -0.25) is 4.79 Å². The summed E-state index contributed by atoms with van der Waals surface area (Å²) in [5, 5.41) is 14.9. The predicted octanol–water partition coefficient (Wildman–Crippen LogP) is 2.56. The molecule has 0 radical (unpaired) electrons. The second-order valence-corrected chi connectivity index (χ2v) is 9.66. The minimum absolute atomic E-state index is 0.00730. The highest BCUT2D eigenvalue weighted by Crippen LogP contribution is 2.23. The van der Waals surface area contributed by atoms with Crippen molar-refractivity contribution in [3.63, 3.8) is 0 Å². The monoisotopic (exact) mass is 478 g/mol. The molecule has 176 valence electrons. The number of aryl methyl sites for hydroxylation is 1. The van der Waals surface area contributed by atoms with Crippen molar-refractivity contribution in [1.82, 2.24) is 15.3 Å². The number of nitrogens with two attached hydrogens (primary N) is 1. The fourth-order valence-corrected chi connectivity index (χ4v) is 4.31. The fourth-order valence-electron chi connectivity index (χ4n) is 3.75. The van der Waals surface area contributed by atoms with Gasteiger partial charge < -0.3 is 16.0 Å². The van der Waals surface area contributed by atoms with Crippen molar-refractivity contribution in [3.05, 3.63) is 83.7 Å². The number of primary sulfonamides is 1. The summed E-state index contributed by atoms with van der Waals surface area (Å²) < 4.78 is 23.2. The first kappa shape index (κ1) is 23.6. The lowest BCUT2D eigenvalue weighted by Crippen LogP contribution is -2.40. The molecule has 3 aromatic rings. The molecule has 0 aliphatic carbocycles. The number of rotatable bonds is 8. The molecule has 1 aromatic heterocycles. The van der Waals surface area contributed by atoms with Crippen LogP contribution < -0.4 is 21.1 Å². The zero-order valence-electron chi connectivity index (χ0n) is 18.7. The zero-order chi connectivity index (χ0) is 24.3. The van der Waals surface area contributed by atoms with Gasteiger partial charge in [0.2, 0.25) is 16.0 Å². The first-order chi connectivity index (χ1) is 16.2. The van der Waals surface area contributed by atoms with Crippen LogP contribution in [0.1, 0.15) is 22.4 Å². The third-order valence-corrected chi connectivity index (χ3v) is 6.58. The maximum Gasteiger partial charge on any atom is 0.238 e. The number of carbonyl (C=O) groups is 1. The average Bonchev–Trinajstić information content (AvgIpc) is 2.83. The van der Waals surface area contributed by atoms with Crippen LogP contribution in [0, 0.1) is 6.92 Å². The number of fused-ring (bicyclic) bond motifs is 1. The molecule has 34 heavy (non-hydrogen) atoms. The molecular weight excluding hydrogens is 452 g/mol. The molecule has 0 saturated carbocycles. The van der Waals surface area contributed by atoms with Gasteiger partial charge in [0.25, 0.3) is 0 Å². The van der Waals surface area contributed by atoms with E-state index in [1.165, 1.54) is 18.2 Å². The van der Waals surface area contributed by atoms with Crippen LogP contribution in [0.4, 0.5) is 17.3 Å². The Hall–Kier alpha value is -3.60. The molecule has 10 heteroatoms. The molecule has 4 rings (SSSR count). The summed E-state index contributed by atoms with van der Waals surface area (Å²) in [7, 11) is -3.80. The van der Waals surface area contributed by atoms with E-state index in [0.29, 0.717) is 31.1 Å². The lowest BCUT2D eigenvalue weighted by atomic mass is 9.93. The van der Waals surface area contributed by atoms with E-state index in [1.54, 1.807) is 18.3 Å². The number of benzene rings is 2. The van der Waals surface area contributed by atoms with Crippen LogP contribution >= 0.6 is 0 Å². The summed E-state index contributed by atoms with van der Waals surface area (Å²) in [6.07, 6.45) is 3.72. The molecule has 1 aliphatic rings. The number of sulfonamides is 1. The van der Waals surface area contributed by atoms with Gasteiger partial charge in [-0.05, 0) is 66.4 Å². The number of nitrogens with zero attached hydrogens (tertiary/aromatic N) is 2. The van der Waals surface area contributed by atoms with Gasteiger partial charge in [0.1, 0.15) is 0 Å². The first-order valence-corrected chi connectivity index (χ1v) is 12.3. The number of ketones is 1. The van der Waals surface area contributed by atoms with Crippen LogP contribution in [0.5, 0.6) is 0 Å². The zero-order valence-corrected chi connectivity index (χ0v) is 19.5. The Morgan fingerprint density at radius 1 is 1.24 bits per heavy atom. The van der Waals surface area contributed by atoms with Gasteiger partial charge in [-0.1, -0.05) is 18.7 Å². The van der Waals surface area contributed by atoms with Gasteiger partial charge in [0.05, 0.1) is 23.2 Å². The average molecular weight is 479 g/mol. The van der Waals surface area contributed by atoms with Crippen LogP contribution in [-0.4, -0.2) is 30.2 Å². The van der Waals surface area contributed by atoms with Crippen molar-refractivity contribution in [1.29, 1.82) is 0 Å². The number of carbonyl (C=O) groups excluding carboxylic acids is 1. The third-order valence-electron chi connectivity index (χ3n) is 5.67. The van der Waals surface area contributed by atoms with Crippen molar-refractivity contribution in [2.45, 2.75) is 37.4 Å². The molecule has 0 bridgehead atoms. The van der Waals surface area contributed by atoms with Crippen LogP contribution in [0.25, 0.3) is 0 Å². The summed E-state index contributed by atoms with van der Waals surface area (Å²) >= 11 is 0. The van der Waals surface area contributed by atoms with E-state index in [4.69, 9.17) is 5.14 Å². The number of hydrogen-bond acceptors (Lipinski definition) is 8. The first-order valence-electron chi connectivity index (χ1n) is 10.7. The summed E-state index contributed by atoms with van der Waals surface area (Å²) in [6.45, 7) is 6.59. The van der Waals surface area contributed by atoms with E-state index in [9.17, 15) is 13.2 Å². The molecule has 2 heterocycles. The molecule has 2 aromatic carbocycles. The van der Waals surface area contributed by atoms with Crippen LogP contribution in [0.3, 0.4) is 0 Å². The van der Waals surface area contributed by atoms with Crippen molar-refractivity contribution >= 4 is 33.1 Å². The van der Waals surface area contributed by atoms with Crippen molar-refractivity contribution in [2.24, 2.45) is 5.14 Å². The molecule has 1 atom stereocenters. The lowest BCUT2D eigenvalue weighted by molar-refractivity contribution is -0.116.